The van der Waals surface area contributed by atoms with Gasteiger partial charge in [0.1, 0.15) is 11.3 Å². The maximum atomic E-state index is 5.02. The number of rotatable bonds is 2. The van der Waals surface area contributed by atoms with Gasteiger partial charge >= 0.3 is 0 Å². The Labute approximate surface area is 132 Å². The fourth-order valence-corrected chi connectivity index (χ4v) is 4.28. The summed E-state index contributed by atoms with van der Waals surface area (Å²) < 4.78 is 2.50. The quantitative estimate of drug-likeness (QED) is 0.837. The van der Waals surface area contributed by atoms with Gasteiger partial charge in [0.05, 0.1) is 6.04 Å². The van der Waals surface area contributed by atoms with Crippen molar-refractivity contribution in [1.29, 1.82) is 0 Å². The van der Waals surface area contributed by atoms with E-state index in [1.54, 1.807) is 0 Å². The highest BCUT2D eigenvalue weighted by Crippen LogP contribution is 2.37. The Morgan fingerprint density at radius 1 is 1.05 bits per heavy atom. The molecular formula is C18H26N4. The predicted octanol–water partition coefficient (Wildman–Crippen LogP) is 4.09. The van der Waals surface area contributed by atoms with Gasteiger partial charge in [-0.3, -0.25) is 4.90 Å². The molecule has 1 aliphatic carbocycles. The lowest BCUT2D eigenvalue weighted by atomic mass is 9.94. The Morgan fingerprint density at radius 3 is 2.68 bits per heavy atom. The summed E-state index contributed by atoms with van der Waals surface area (Å²) in [6, 6.07) is 5.19. The molecule has 0 radical (unpaired) electrons. The summed E-state index contributed by atoms with van der Waals surface area (Å²) in [4.78, 5) is 12.2. The van der Waals surface area contributed by atoms with Gasteiger partial charge in [-0.25, -0.2) is 9.97 Å². The number of likely N-dealkylation sites (tertiary alicyclic amines) is 1. The van der Waals surface area contributed by atoms with Crippen LogP contribution in [0.4, 0.5) is 0 Å². The van der Waals surface area contributed by atoms with Gasteiger partial charge in [-0.15, -0.1) is 0 Å². The van der Waals surface area contributed by atoms with Crippen molar-refractivity contribution in [2.75, 3.05) is 13.6 Å². The van der Waals surface area contributed by atoms with Crippen LogP contribution in [0.25, 0.3) is 11.2 Å². The first-order valence-corrected chi connectivity index (χ1v) is 8.87. The molecule has 118 valence electrons. The van der Waals surface area contributed by atoms with E-state index in [1.807, 2.05) is 12.3 Å². The van der Waals surface area contributed by atoms with E-state index in [1.165, 1.54) is 63.7 Å². The van der Waals surface area contributed by atoms with E-state index in [9.17, 15) is 0 Å². The third-order valence-electron chi connectivity index (χ3n) is 5.48. The monoisotopic (exact) mass is 298 g/mol. The molecule has 0 N–H and O–H groups in total. The molecule has 0 bridgehead atoms. The molecule has 22 heavy (non-hydrogen) atoms. The van der Waals surface area contributed by atoms with Crippen molar-refractivity contribution < 1.29 is 0 Å². The van der Waals surface area contributed by atoms with Gasteiger partial charge in [0.15, 0.2) is 5.65 Å². The smallest absolute Gasteiger partial charge is 0.160 e. The molecule has 2 aromatic heterocycles. The molecule has 1 saturated carbocycles. The number of piperidine rings is 1. The second-order valence-electron chi connectivity index (χ2n) is 6.97. The zero-order valence-corrected chi connectivity index (χ0v) is 13.5. The minimum absolute atomic E-state index is 0.463. The number of aromatic nitrogens is 3. The molecule has 3 heterocycles. The Bertz CT molecular complexity index is 642. The van der Waals surface area contributed by atoms with Gasteiger partial charge in [0.25, 0.3) is 0 Å². The molecule has 4 rings (SSSR count). The first kappa shape index (κ1) is 14.2. The Hall–Kier alpha value is -1.42. The van der Waals surface area contributed by atoms with Crippen LogP contribution in [0, 0.1) is 0 Å². The zero-order chi connectivity index (χ0) is 14.9. The molecule has 2 fully saturated rings. The largest absolute Gasteiger partial charge is 0.308 e. The van der Waals surface area contributed by atoms with Gasteiger partial charge in [0.2, 0.25) is 0 Å². The summed E-state index contributed by atoms with van der Waals surface area (Å²) in [5.74, 6) is 1.27. The minimum Gasteiger partial charge on any atom is -0.308 e. The number of imidazole rings is 1. The van der Waals surface area contributed by atoms with Crippen molar-refractivity contribution >= 4 is 11.2 Å². The van der Waals surface area contributed by atoms with E-state index in [2.05, 4.69) is 27.6 Å². The van der Waals surface area contributed by atoms with E-state index in [0.29, 0.717) is 12.1 Å². The highest BCUT2D eigenvalue weighted by atomic mass is 15.2. The summed E-state index contributed by atoms with van der Waals surface area (Å²) >= 11 is 0. The summed E-state index contributed by atoms with van der Waals surface area (Å²) in [6.07, 6.45) is 12.4. The van der Waals surface area contributed by atoms with Crippen molar-refractivity contribution in [3.63, 3.8) is 0 Å². The third-order valence-corrected chi connectivity index (χ3v) is 5.48. The van der Waals surface area contributed by atoms with E-state index in [-0.39, 0.29) is 0 Å². The number of fused-ring (bicyclic) bond motifs is 1. The number of pyridine rings is 1. The lowest BCUT2D eigenvalue weighted by Gasteiger charge is -2.34. The van der Waals surface area contributed by atoms with E-state index < -0.39 is 0 Å². The molecule has 1 unspecified atom stereocenters. The van der Waals surface area contributed by atoms with Crippen LogP contribution in [0.15, 0.2) is 18.3 Å². The van der Waals surface area contributed by atoms with Crippen LogP contribution in [0.2, 0.25) is 0 Å². The van der Waals surface area contributed by atoms with E-state index in [4.69, 9.17) is 4.98 Å². The Kier molecular flexibility index (Phi) is 3.87. The summed E-state index contributed by atoms with van der Waals surface area (Å²) in [7, 11) is 2.25. The molecule has 1 saturated heterocycles. The Morgan fingerprint density at radius 2 is 1.86 bits per heavy atom. The van der Waals surface area contributed by atoms with Gasteiger partial charge < -0.3 is 4.57 Å². The first-order chi connectivity index (χ1) is 10.8. The molecular weight excluding hydrogens is 272 g/mol. The van der Waals surface area contributed by atoms with Crippen molar-refractivity contribution in [1.82, 2.24) is 19.4 Å². The van der Waals surface area contributed by atoms with Crippen LogP contribution < -0.4 is 0 Å². The zero-order valence-electron chi connectivity index (χ0n) is 13.5. The van der Waals surface area contributed by atoms with Crippen LogP contribution in [0.1, 0.15) is 69.3 Å². The van der Waals surface area contributed by atoms with E-state index >= 15 is 0 Å². The fraction of sp³-hybridized carbons (Fsp3) is 0.667. The van der Waals surface area contributed by atoms with Crippen molar-refractivity contribution in [3.8, 4) is 0 Å². The number of nitrogens with zero attached hydrogens (tertiary/aromatic N) is 4. The maximum Gasteiger partial charge on any atom is 0.160 e. The molecule has 1 atom stereocenters. The SMILES string of the molecule is CN1CCCCC1c1nc2cccnc2n1C1CCCCC1. The number of hydrogen-bond donors (Lipinski definition) is 0. The minimum atomic E-state index is 0.463. The maximum absolute atomic E-state index is 5.02. The molecule has 0 amide bonds. The first-order valence-electron chi connectivity index (χ1n) is 8.87. The lowest BCUT2D eigenvalue weighted by Crippen LogP contribution is -2.32. The molecule has 0 aromatic carbocycles. The van der Waals surface area contributed by atoms with Crippen LogP contribution in [-0.2, 0) is 0 Å². The molecule has 4 nitrogen and oxygen atoms in total. The molecule has 0 spiro atoms. The number of hydrogen-bond acceptors (Lipinski definition) is 3. The van der Waals surface area contributed by atoms with Gasteiger partial charge in [-0.1, -0.05) is 25.7 Å². The van der Waals surface area contributed by atoms with E-state index in [0.717, 1.165) is 11.2 Å². The highest BCUT2D eigenvalue weighted by Gasteiger charge is 2.29. The average molecular weight is 298 g/mol. The van der Waals surface area contributed by atoms with Crippen LogP contribution >= 0.6 is 0 Å². The van der Waals surface area contributed by atoms with Crippen molar-refractivity contribution in [2.45, 2.75) is 63.5 Å². The average Bonchev–Trinajstić information content (AvgIpc) is 2.95. The van der Waals surface area contributed by atoms with Crippen molar-refractivity contribution in [3.05, 3.63) is 24.2 Å². The molecule has 2 aromatic rings. The van der Waals surface area contributed by atoms with Gasteiger partial charge in [-0.05, 0) is 51.4 Å². The summed E-state index contributed by atoms with van der Waals surface area (Å²) in [6.45, 7) is 1.19. The standard InChI is InChI=1S/C18H26N4/c1-21-13-6-5-11-16(21)18-20-15-10-7-12-19-17(15)22(18)14-8-3-2-4-9-14/h7,10,12,14,16H,2-6,8-9,11,13H2,1H3. The van der Waals surface area contributed by atoms with Crippen molar-refractivity contribution in [2.24, 2.45) is 0 Å². The van der Waals surface area contributed by atoms with Crippen LogP contribution in [0.3, 0.4) is 0 Å². The third kappa shape index (κ3) is 2.43. The highest BCUT2D eigenvalue weighted by molar-refractivity contribution is 5.71. The fourth-order valence-electron chi connectivity index (χ4n) is 4.28. The molecule has 1 aliphatic heterocycles. The second-order valence-corrected chi connectivity index (χ2v) is 6.97. The Balaban J connectivity index is 1.81. The summed E-state index contributed by atoms with van der Waals surface area (Å²) in [5.41, 5.74) is 2.17. The second kappa shape index (κ2) is 5.99. The normalized spacial score (nSPS) is 24.9. The van der Waals surface area contributed by atoms with Gasteiger partial charge in [0, 0.05) is 12.2 Å². The summed E-state index contributed by atoms with van der Waals surface area (Å²) in [5, 5.41) is 0. The van der Waals surface area contributed by atoms with Crippen LogP contribution in [0.5, 0.6) is 0 Å². The molecule has 4 heteroatoms. The topological polar surface area (TPSA) is 34.0 Å². The molecule has 2 aliphatic rings. The lowest BCUT2D eigenvalue weighted by molar-refractivity contribution is 0.171. The van der Waals surface area contributed by atoms with Gasteiger partial charge in [-0.2, -0.15) is 0 Å². The van der Waals surface area contributed by atoms with Crippen LogP contribution in [-0.4, -0.2) is 33.0 Å². The predicted molar refractivity (Wildman–Crippen MR) is 88.9 cm³/mol.